The molecule has 1 heterocycles. The number of aryl methyl sites for hydroxylation is 2. The zero-order chi connectivity index (χ0) is 16.5. The molecule has 4 rings (SSSR count). The zero-order valence-electron chi connectivity index (χ0n) is 13.5. The van der Waals surface area contributed by atoms with Gasteiger partial charge in [-0.15, -0.1) is 0 Å². The topological polar surface area (TPSA) is 68.1 Å². The van der Waals surface area contributed by atoms with Crippen LogP contribution in [0.2, 0.25) is 0 Å². The SMILES string of the molecule is Nc1ccc(COC(=O)c2ccc3[nH]c4c(c3c2)CCCC4)cc1. The molecule has 0 amide bonds. The largest absolute Gasteiger partial charge is 0.457 e. The summed E-state index contributed by atoms with van der Waals surface area (Å²) in [5.74, 6) is -0.292. The van der Waals surface area contributed by atoms with Crippen LogP contribution < -0.4 is 5.73 Å². The number of carbonyl (C=O) groups is 1. The van der Waals surface area contributed by atoms with E-state index >= 15 is 0 Å². The van der Waals surface area contributed by atoms with Crippen LogP contribution in [0.5, 0.6) is 0 Å². The first-order valence-electron chi connectivity index (χ1n) is 8.36. The highest BCUT2D eigenvalue weighted by Crippen LogP contribution is 2.29. The number of fused-ring (bicyclic) bond motifs is 3. The number of hydrogen-bond acceptors (Lipinski definition) is 3. The summed E-state index contributed by atoms with van der Waals surface area (Å²) in [5, 5.41) is 1.16. The molecule has 2 aromatic carbocycles. The maximum absolute atomic E-state index is 12.4. The molecule has 0 fully saturated rings. The summed E-state index contributed by atoms with van der Waals surface area (Å²) in [7, 11) is 0. The molecule has 3 aromatic rings. The van der Waals surface area contributed by atoms with E-state index in [-0.39, 0.29) is 12.6 Å². The molecule has 122 valence electrons. The number of esters is 1. The maximum atomic E-state index is 12.4. The van der Waals surface area contributed by atoms with Gasteiger partial charge in [-0.1, -0.05) is 12.1 Å². The summed E-state index contributed by atoms with van der Waals surface area (Å²) < 4.78 is 5.43. The fourth-order valence-electron chi connectivity index (χ4n) is 3.38. The average molecular weight is 320 g/mol. The Kier molecular flexibility index (Phi) is 3.73. The second-order valence-electron chi connectivity index (χ2n) is 6.37. The Morgan fingerprint density at radius 1 is 1.08 bits per heavy atom. The summed E-state index contributed by atoms with van der Waals surface area (Å²) in [6, 6.07) is 13.1. The van der Waals surface area contributed by atoms with Crippen LogP contribution in [-0.2, 0) is 24.2 Å². The molecule has 0 aliphatic heterocycles. The van der Waals surface area contributed by atoms with Gasteiger partial charge in [0.25, 0.3) is 0 Å². The fraction of sp³-hybridized carbons (Fsp3) is 0.250. The van der Waals surface area contributed by atoms with Gasteiger partial charge in [0.05, 0.1) is 5.56 Å². The maximum Gasteiger partial charge on any atom is 0.338 e. The van der Waals surface area contributed by atoms with E-state index in [0.29, 0.717) is 11.3 Å². The predicted molar refractivity (Wildman–Crippen MR) is 94.9 cm³/mol. The predicted octanol–water partition coefficient (Wildman–Crippen LogP) is 3.99. The van der Waals surface area contributed by atoms with Gasteiger partial charge in [-0.05, 0) is 67.1 Å². The Hall–Kier alpha value is -2.75. The fourth-order valence-corrected chi connectivity index (χ4v) is 3.38. The van der Waals surface area contributed by atoms with Crippen molar-refractivity contribution in [1.82, 2.24) is 4.98 Å². The monoisotopic (exact) mass is 320 g/mol. The van der Waals surface area contributed by atoms with Crippen molar-refractivity contribution in [3.63, 3.8) is 0 Å². The number of hydrogen-bond donors (Lipinski definition) is 2. The van der Waals surface area contributed by atoms with Crippen LogP contribution >= 0.6 is 0 Å². The molecule has 1 aliphatic rings. The van der Waals surface area contributed by atoms with Crippen molar-refractivity contribution in [2.24, 2.45) is 0 Å². The van der Waals surface area contributed by atoms with Crippen molar-refractivity contribution in [2.75, 3.05) is 5.73 Å². The second-order valence-corrected chi connectivity index (χ2v) is 6.37. The van der Waals surface area contributed by atoms with E-state index in [1.165, 1.54) is 24.1 Å². The standard InChI is InChI=1S/C20H20N2O2/c21-15-8-5-13(6-9-15)12-24-20(23)14-7-10-19-17(11-14)16-3-1-2-4-18(16)22-19/h5-11,22H,1-4,12,21H2. The number of nitrogens with one attached hydrogen (secondary N) is 1. The highest BCUT2D eigenvalue weighted by molar-refractivity contribution is 5.96. The minimum absolute atomic E-state index is 0.252. The summed E-state index contributed by atoms with van der Waals surface area (Å²) in [5.41, 5.74) is 11.7. The molecule has 0 unspecified atom stereocenters. The summed E-state index contributed by atoms with van der Waals surface area (Å²) in [4.78, 5) is 15.8. The minimum atomic E-state index is -0.292. The van der Waals surface area contributed by atoms with Crippen LogP contribution in [0.15, 0.2) is 42.5 Å². The first kappa shape index (κ1) is 14.8. The highest BCUT2D eigenvalue weighted by Gasteiger charge is 2.17. The van der Waals surface area contributed by atoms with E-state index < -0.39 is 0 Å². The number of benzene rings is 2. The van der Waals surface area contributed by atoms with Gasteiger partial charge in [-0.3, -0.25) is 0 Å². The molecule has 1 aliphatic carbocycles. The Morgan fingerprint density at radius 2 is 1.88 bits per heavy atom. The molecule has 1 aromatic heterocycles. The first-order chi connectivity index (χ1) is 11.7. The summed E-state index contributed by atoms with van der Waals surface area (Å²) in [6.07, 6.45) is 4.63. The zero-order valence-corrected chi connectivity index (χ0v) is 13.5. The van der Waals surface area contributed by atoms with Crippen LogP contribution in [-0.4, -0.2) is 11.0 Å². The van der Waals surface area contributed by atoms with Gasteiger partial charge in [0, 0.05) is 22.3 Å². The Bertz CT molecular complexity index is 894. The van der Waals surface area contributed by atoms with E-state index in [0.717, 1.165) is 29.3 Å². The van der Waals surface area contributed by atoms with Crippen LogP contribution in [0.25, 0.3) is 10.9 Å². The van der Waals surface area contributed by atoms with Crippen molar-refractivity contribution < 1.29 is 9.53 Å². The van der Waals surface area contributed by atoms with E-state index in [9.17, 15) is 4.79 Å². The lowest BCUT2D eigenvalue weighted by atomic mass is 9.95. The number of ether oxygens (including phenoxy) is 1. The second kappa shape index (κ2) is 6.04. The van der Waals surface area contributed by atoms with E-state index in [4.69, 9.17) is 10.5 Å². The number of nitrogen functional groups attached to an aromatic ring is 1. The third-order valence-corrected chi connectivity index (χ3v) is 4.68. The average Bonchev–Trinajstić information content (AvgIpc) is 2.99. The van der Waals surface area contributed by atoms with Crippen molar-refractivity contribution in [3.8, 4) is 0 Å². The van der Waals surface area contributed by atoms with Crippen molar-refractivity contribution in [2.45, 2.75) is 32.3 Å². The first-order valence-corrected chi connectivity index (χ1v) is 8.36. The number of carbonyl (C=O) groups excluding carboxylic acids is 1. The van der Waals surface area contributed by atoms with Crippen LogP contribution in [0.4, 0.5) is 5.69 Å². The Morgan fingerprint density at radius 3 is 2.71 bits per heavy atom. The molecule has 24 heavy (non-hydrogen) atoms. The lowest BCUT2D eigenvalue weighted by molar-refractivity contribution is 0.0473. The molecule has 0 bridgehead atoms. The number of rotatable bonds is 3. The molecule has 0 atom stereocenters. The van der Waals surface area contributed by atoms with Gasteiger partial charge in [0.2, 0.25) is 0 Å². The number of nitrogens with two attached hydrogens (primary N) is 1. The molecule has 0 spiro atoms. The smallest absolute Gasteiger partial charge is 0.338 e. The van der Waals surface area contributed by atoms with Crippen LogP contribution in [0, 0.1) is 0 Å². The minimum Gasteiger partial charge on any atom is -0.457 e. The molecule has 4 heteroatoms. The molecule has 0 radical (unpaired) electrons. The number of aromatic amines is 1. The Labute approximate surface area is 140 Å². The summed E-state index contributed by atoms with van der Waals surface area (Å²) in [6.45, 7) is 0.252. The van der Waals surface area contributed by atoms with Crippen molar-refractivity contribution >= 4 is 22.6 Å². The van der Waals surface area contributed by atoms with Gasteiger partial charge >= 0.3 is 5.97 Å². The normalized spacial score (nSPS) is 13.7. The lowest BCUT2D eigenvalue weighted by Crippen LogP contribution is -2.05. The Balaban J connectivity index is 1.54. The van der Waals surface area contributed by atoms with Gasteiger partial charge < -0.3 is 15.5 Å². The lowest BCUT2D eigenvalue weighted by Gasteiger charge is -2.10. The third-order valence-electron chi connectivity index (χ3n) is 4.68. The van der Waals surface area contributed by atoms with E-state index in [2.05, 4.69) is 4.98 Å². The van der Waals surface area contributed by atoms with Crippen molar-refractivity contribution in [3.05, 3.63) is 64.8 Å². The molecular weight excluding hydrogens is 300 g/mol. The van der Waals surface area contributed by atoms with Crippen LogP contribution in [0.3, 0.4) is 0 Å². The summed E-state index contributed by atoms with van der Waals surface area (Å²) >= 11 is 0. The van der Waals surface area contributed by atoms with Crippen LogP contribution in [0.1, 0.15) is 40.0 Å². The number of anilines is 1. The van der Waals surface area contributed by atoms with Gasteiger partial charge in [0.1, 0.15) is 6.61 Å². The highest BCUT2D eigenvalue weighted by atomic mass is 16.5. The van der Waals surface area contributed by atoms with E-state index in [1.807, 2.05) is 30.3 Å². The van der Waals surface area contributed by atoms with Crippen molar-refractivity contribution in [1.29, 1.82) is 0 Å². The third kappa shape index (κ3) is 2.75. The molecule has 3 N–H and O–H groups in total. The van der Waals surface area contributed by atoms with E-state index in [1.54, 1.807) is 12.1 Å². The molecule has 4 nitrogen and oxygen atoms in total. The van der Waals surface area contributed by atoms with Gasteiger partial charge in [-0.25, -0.2) is 4.79 Å². The van der Waals surface area contributed by atoms with Gasteiger partial charge in [-0.2, -0.15) is 0 Å². The van der Waals surface area contributed by atoms with Gasteiger partial charge in [0.15, 0.2) is 0 Å². The molecular formula is C20H20N2O2. The molecule has 0 saturated heterocycles. The molecule has 0 saturated carbocycles. The number of aromatic nitrogens is 1. The quantitative estimate of drug-likeness (QED) is 0.566. The number of H-pyrrole nitrogens is 1.